The van der Waals surface area contributed by atoms with E-state index in [1.54, 1.807) is 0 Å². The lowest BCUT2D eigenvalue weighted by Gasteiger charge is -2.30. The molecule has 2 aliphatic rings. The van der Waals surface area contributed by atoms with Crippen LogP contribution in [0.4, 0.5) is 0 Å². The van der Waals surface area contributed by atoms with E-state index in [1.807, 2.05) is 7.05 Å². The number of rotatable bonds is 9. The molecule has 0 spiro atoms. The number of likely N-dealkylation sites (tertiary alicyclic amines) is 1. The van der Waals surface area contributed by atoms with Crippen LogP contribution in [-0.2, 0) is 9.47 Å². The molecule has 2 N–H and O–H groups in total. The van der Waals surface area contributed by atoms with Gasteiger partial charge in [0.25, 0.3) is 0 Å². The Bertz CT molecular complexity index is 357. The Morgan fingerprint density at radius 3 is 2.64 bits per heavy atom. The summed E-state index contributed by atoms with van der Waals surface area (Å²) in [7, 11) is 1.83. The van der Waals surface area contributed by atoms with Gasteiger partial charge in [-0.05, 0) is 44.7 Å². The van der Waals surface area contributed by atoms with Crippen LogP contribution < -0.4 is 10.6 Å². The number of hydrogen-bond acceptors (Lipinski definition) is 4. The van der Waals surface area contributed by atoms with Crippen LogP contribution in [0.5, 0.6) is 0 Å². The van der Waals surface area contributed by atoms with Gasteiger partial charge in [0, 0.05) is 45.8 Å². The Hall–Kier alpha value is -0.120. The quantitative estimate of drug-likeness (QED) is 0.235. The third-order valence-corrected chi connectivity index (χ3v) is 4.96. The first kappa shape index (κ1) is 22.9. The summed E-state index contributed by atoms with van der Waals surface area (Å²) in [6.07, 6.45) is 4.81. The molecule has 2 rings (SSSR count). The molecule has 7 heteroatoms. The predicted molar refractivity (Wildman–Crippen MR) is 114 cm³/mol. The number of guanidine groups is 1. The Kier molecular flexibility index (Phi) is 12.8. The number of ether oxygens (including phenoxy) is 2. The van der Waals surface area contributed by atoms with Crippen molar-refractivity contribution in [3.05, 3.63) is 0 Å². The smallest absolute Gasteiger partial charge is 0.191 e. The van der Waals surface area contributed by atoms with Crippen LogP contribution in [0.2, 0.25) is 0 Å². The third kappa shape index (κ3) is 9.96. The second-order valence-corrected chi connectivity index (χ2v) is 7.11. The summed E-state index contributed by atoms with van der Waals surface area (Å²) in [5, 5.41) is 6.76. The van der Waals surface area contributed by atoms with Gasteiger partial charge in [0.15, 0.2) is 5.96 Å². The van der Waals surface area contributed by atoms with Gasteiger partial charge < -0.3 is 25.0 Å². The second kappa shape index (κ2) is 14.0. The summed E-state index contributed by atoms with van der Waals surface area (Å²) in [6, 6.07) is 0. The van der Waals surface area contributed by atoms with E-state index < -0.39 is 0 Å². The van der Waals surface area contributed by atoms with Gasteiger partial charge in [0.05, 0.1) is 13.2 Å². The molecule has 1 unspecified atom stereocenters. The van der Waals surface area contributed by atoms with Gasteiger partial charge in [0.2, 0.25) is 0 Å². The molecule has 25 heavy (non-hydrogen) atoms. The molecule has 0 aromatic heterocycles. The Balaban J connectivity index is 0.00000312. The van der Waals surface area contributed by atoms with E-state index in [4.69, 9.17) is 9.47 Å². The van der Waals surface area contributed by atoms with Crippen molar-refractivity contribution in [2.45, 2.75) is 32.6 Å². The maximum absolute atomic E-state index is 5.72. The van der Waals surface area contributed by atoms with Crippen LogP contribution in [0.15, 0.2) is 4.99 Å². The molecule has 1 atom stereocenters. The molecule has 0 aromatic rings. The number of hydrogen-bond donors (Lipinski definition) is 2. The highest BCUT2D eigenvalue weighted by Gasteiger charge is 2.16. The van der Waals surface area contributed by atoms with Crippen LogP contribution in [0.1, 0.15) is 32.6 Å². The minimum Gasteiger partial charge on any atom is -0.381 e. The molecule has 0 aromatic carbocycles. The Labute approximate surface area is 170 Å². The summed E-state index contributed by atoms with van der Waals surface area (Å²) >= 11 is 0. The van der Waals surface area contributed by atoms with Gasteiger partial charge in [-0.3, -0.25) is 4.99 Å². The zero-order chi connectivity index (χ0) is 17.0. The first-order valence-electron chi connectivity index (χ1n) is 9.60. The van der Waals surface area contributed by atoms with Crippen molar-refractivity contribution in [1.29, 1.82) is 0 Å². The van der Waals surface area contributed by atoms with E-state index in [1.165, 1.54) is 25.9 Å². The SMILES string of the molecule is CN=C(NCCCOCC1CCOC1)NCCN1CCC(C)CC1.I. The molecule has 0 aliphatic carbocycles. The molecule has 2 fully saturated rings. The summed E-state index contributed by atoms with van der Waals surface area (Å²) in [4.78, 5) is 6.82. The molecule has 0 bridgehead atoms. The van der Waals surface area contributed by atoms with Crippen LogP contribution in [0.3, 0.4) is 0 Å². The molecule has 0 radical (unpaired) electrons. The van der Waals surface area contributed by atoms with Crippen molar-refractivity contribution in [3.8, 4) is 0 Å². The van der Waals surface area contributed by atoms with Gasteiger partial charge in [-0.2, -0.15) is 0 Å². The molecule has 6 nitrogen and oxygen atoms in total. The van der Waals surface area contributed by atoms with Crippen LogP contribution >= 0.6 is 24.0 Å². The predicted octanol–water partition coefficient (Wildman–Crippen LogP) is 1.94. The molecular weight excluding hydrogens is 431 g/mol. The number of aliphatic imine (C=N–C) groups is 1. The number of nitrogens with one attached hydrogen (secondary N) is 2. The standard InChI is InChI=1S/C18H36N4O2.HI/c1-16-4-9-22(10-5-16)11-8-21-18(19-2)20-7-3-12-23-14-17-6-13-24-15-17;/h16-17H,3-15H2,1-2H3,(H2,19,20,21);1H. The largest absolute Gasteiger partial charge is 0.381 e. The van der Waals surface area contributed by atoms with Crippen LogP contribution in [0, 0.1) is 11.8 Å². The van der Waals surface area contributed by atoms with Crippen molar-refractivity contribution < 1.29 is 9.47 Å². The average molecular weight is 468 g/mol. The maximum atomic E-state index is 5.72. The highest BCUT2D eigenvalue weighted by molar-refractivity contribution is 14.0. The number of nitrogens with zero attached hydrogens (tertiary/aromatic N) is 2. The lowest BCUT2D eigenvalue weighted by Crippen LogP contribution is -2.43. The number of piperidine rings is 1. The minimum atomic E-state index is 0. The van der Waals surface area contributed by atoms with Crippen molar-refractivity contribution in [2.75, 3.05) is 66.2 Å². The summed E-state index contributed by atoms with van der Waals surface area (Å²) in [5.41, 5.74) is 0. The second-order valence-electron chi connectivity index (χ2n) is 7.11. The van der Waals surface area contributed by atoms with E-state index in [2.05, 4.69) is 27.4 Å². The number of halogens is 1. The third-order valence-electron chi connectivity index (χ3n) is 4.96. The van der Waals surface area contributed by atoms with Gasteiger partial charge >= 0.3 is 0 Å². The molecule has 2 saturated heterocycles. The fourth-order valence-electron chi connectivity index (χ4n) is 3.18. The maximum Gasteiger partial charge on any atom is 0.191 e. The van der Waals surface area contributed by atoms with Crippen LogP contribution in [-0.4, -0.2) is 77.1 Å². The van der Waals surface area contributed by atoms with Gasteiger partial charge in [-0.25, -0.2) is 0 Å². The summed E-state index contributed by atoms with van der Waals surface area (Å²) in [6.45, 7) is 11.2. The van der Waals surface area contributed by atoms with Gasteiger partial charge in [-0.15, -0.1) is 24.0 Å². The summed E-state index contributed by atoms with van der Waals surface area (Å²) < 4.78 is 11.1. The van der Waals surface area contributed by atoms with Crippen molar-refractivity contribution >= 4 is 29.9 Å². The normalized spacial score (nSPS) is 22.6. The first-order valence-corrected chi connectivity index (χ1v) is 9.60. The Morgan fingerprint density at radius 2 is 1.96 bits per heavy atom. The van der Waals surface area contributed by atoms with E-state index in [0.29, 0.717) is 5.92 Å². The molecule has 0 saturated carbocycles. The van der Waals surface area contributed by atoms with Gasteiger partial charge in [0.1, 0.15) is 0 Å². The minimum absolute atomic E-state index is 0. The molecule has 2 aliphatic heterocycles. The average Bonchev–Trinajstić information content (AvgIpc) is 3.11. The topological polar surface area (TPSA) is 58.1 Å². The van der Waals surface area contributed by atoms with E-state index in [0.717, 1.165) is 70.8 Å². The molecule has 148 valence electrons. The van der Waals surface area contributed by atoms with Crippen molar-refractivity contribution in [2.24, 2.45) is 16.8 Å². The molecular formula is C18H37IN4O2. The van der Waals surface area contributed by atoms with Crippen LogP contribution in [0.25, 0.3) is 0 Å². The zero-order valence-corrected chi connectivity index (χ0v) is 18.3. The van der Waals surface area contributed by atoms with E-state index in [-0.39, 0.29) is 24.0 Å². The van der Waals surface area contributed by atoms with Crippen molar-refractivity contribution in [3.63, 3.8) is 0 Å². The zero-order valence-electron chi connectivity index (χ0n) is 16.0. The highest BCUT2D eigenvalue weighted by atomic mass is 127. The van der Waals surface area contributed by atoms with Crippen molar-refractivity contribution in [1.82, 2.24) is 15.5 Å². The summed E-state index contributed by atoms with van der Waals surface area (Å²) in [5.74, 6) is 2.39. The Morgan fingerprint density at radius 1 is 1.20 bits per heavy atom. The monoisotopic (exact) mass is 468 g/mol. The first-order chi connectivity index (χ1) is 11.8. The van der Waals surface area contributed by atoms with E-state index >= 15 is 0 Å². The highest BCUT2D eigenvalue weighted by Crippen LogP contribution is 2.15. The lowest BCUT2D eigenvalue weighted by molar-refractivity contribution is 0.0888. The fraction of sp³-hybridized carbons (Fsp3) is 0.944. The molecule has 0 amide bonds. The van der Waals surface area contributed by atoms with Gasteiger partial charge in [-0.1, -0.05) is 6.92 Å². The van der Waals surface area contributed by atoms with E-state index in [9.17, 15) is 0 Å². The molecule has 2 heterocycles. The fourth-order valence-corrected chi connectivity index (χ4v) is 3.18. The lowest BCUT2D eigenvalue weighted by atomic mass is 9.99.